The molecule has 7 heteroatoms. The number of benzene rings is 1. The molecule has 1 aromatic rings. The van der Waals surface area contributed by atoms with Gasteiger partial charge in [-0.15, -0.1) is 0 Å². The van der Waals surface area contributed by atoms with Crippen molar-refractivity contribution in [1.29, 1.82) is 5.26 Å². The highest BCUT2D eigenvalue weighted by molar-refractivity contribution is 6.01. The van der Waals surface area contributed by atoms with Crippen LogP contribution in [0.25, 0.3) is 0 Å². The van der Waals surface area contributed by atoms with Gasteiger partial charge in [-0.3, -0.25) is 14.5 Å². The van der Waals surface area contributed by atoms with Crippen molar-refractivity contribution in [1.82, 2.24) is 4.90 Å². The zero-order valence-electron chi connectivity index (χ0n) is 14.6. The molecule has 0 bridgehead atoms. The van der Waals surface area contributed by atoms with Crippen LogP contribution in [0, 0.1) is 11.3 Å². The van der Waals surface area contributed by atoms with Gasteiger partial charge in [-0.25, -0.2) is 0 Å². The lowest BCUT2D eigenvalue weighted by Crippen LogP contribution is -2.48. The van der Waals surface area contributed by atoms with Gasteiger partial charge >= 0.3 is 0 Å². The number of anilines is 2. The molecule has 2 atom stereocenters. The summed E-state index contributed by atoms with van der Waals surface area (Å²) in [6, 6.07) is 8.59. The predicted molar refractivity (Wildman–Crippen MR) is 94.3 cm³/mol. The van der Waals surface area contributed by atoms with Gasteiger partial charge < -0.3 is 15.4 Å². The quantitative estimate of drug-likeness (QED) is 0.512. The van der Waals surface area contributed by atoms with Crippen LogP contribution in [0.4, 0.5) is 11.4 Å². The van der Waals surface area contributed by atoms with Crippen LogP contribution in [-0.2, 0) is 14.3 Å². The van der Waals surface area contributed by atoms with Crippen LogP contribution < -0.4 is 10.6 Å². The zero-order valence-corrected chi connectivity index (χ0v) is 14.6. The minimum atomic E-state index is -0.417. The maximum absolute atomic E-state index is 12.7. The van der Waals surface area contributed by atoms with Gasteiger partial charge in [-0.1, -0.05) is 6.07 Å². The van der Waals surface area contributed by atoms with Gasteiger partial charge in [0, 0.05) is 31.9 Å². The molecule has 0 saturated carbocycles. The molecular formula is C18H22N4O3. The Kier molecular flexibility index (Phi) is 5.78. The molecule has 25 heavy (non-hydrogen) atoms. The molecule has 0 aromatic heterocycles. The molecular weight excluding hydrogens is 320 g/mol. The molecule has 2 unspecified atom stereocenters. The van der Waals surface area contributed by atoms with Crippen molar-refractivity contribution in [2.24, 2.45) is 0 Å². The van der Waals surface area contributed by atoms with E-state index in [0.29, 0.717) is 24.5 Å². The standard InChI is InChI=1S/C18H22N4O3/c1-12-9-21(10-13(2)25-12)18(24)15(8-19)11-22(14(3)23)17-6-4-5-16(20)7-17/h4-7,11-13H,9-10,20H2,1-3H3/b15-11-. The van der Waals surface area contributed by atoms with E-state index in [2.05, 4.69) is 0 Å². The van der Waals surface area contributed by atoms with Gasteiger partial charge in [0.2, 0.25) is 5.91 Å². The average Bonchev–Trinajstić information content (AvgIpc) is 2.54. The fraction of sp³-hybridized carbons (Fsp3) is 0.389. The van der Waals surface area contributed by atoms with Gasteiger partial charge in [0.1, 0.15) is 11.6 Å². The number of nitrogens with zero attached hydrogens (tertiary/aromatic N) is 3. The SMILES string of the molecule is CC(=O)N(/C=C(/C#N)C(=O)N1CC(C)OC(C)C1)c1cccc(N)c1. The fourth-order valence-electron chi connectivity index (χ4n) is 2.80. The molecule has 0 spiro atoms. The maximum Gasteiger partial charge on any atom is 0.266 e. The normalized spacial score (nSPS) is 20.7. The summed E-state index contributed by atoms with van der Waals surface area (Å²) in [7, 11) is 0. The Bertz CT molecular complexity index is 728. The summed E-state index contributed by atoms with van der Waals surface area (Å²) in [6.45, 7) is 5.92. The Morgan fingerprint density at radius 1 is 1.36 bits per heavy atom. The third-order valence-corrected chi connectivity index (χ3v) is 3.80. The molecule has 1 fully saturated rings. The van der Waals surface area contributed by atoms with E-state index in [0.717, 1.165) is 0 Å². The first kappa shape index (κ1) is 18.5. The van der Waals surface area contributed by atoms with Crippen LogP contribution in [-0.4, -0.2) is 42.0 Å². The topological polar surface area (TPSA) is 99.7 Å². The number of rotatable bonds is 3. The Labute approximate surface area is 147 Å². The number of nitrogens with two attached hydrogens (primary N) is 1. The highest BCUT2D eigenvalue weighted by Gasteiger charge is 2.28. The van der Waals surface area contributed by atoms with E-state index in [-0.39, 0.29) is 23.7 Å². The molecule has 1 heterocycles. The summed E-state index contributed by atoms with van der Waals surface area (Å²) in [6.07, 6.45) is 1.06. The number of morpholine rings is 1. The maximum atomic E-state index is 12.7. The van der Waals surface area contributed by atoms with E-state index in [4.69, 9.17) is 10.5 Å². The van der Waals surface area contributed by atoms with Crippen LogP contribution in [0.3, 0.4) is 0 Å². The minimum absolute atomic E-state index is 0.106. The van der Waals surface area contributed by atoms with Crippen molar-refractivity contribution in [3.05, 3.63) is 36.0 Å². The van der Waals surface area contributed by atoms with E-state index in [1.54, 1.807) is 29.2 Å². The van der Waals surface area contributed by atoms with E-state index in [9.17, 15) is 14.9 Å². The van der Waals surface area contributed by atoms with Crippen molar-refractivity contribution in [2.45, 2.75) is 33.0 Å². The molecule has 2 N–H and O–H groups in total. The molecule has 7 nitrogen and oxygen atoms in total. The van der Waals surface area contributed by atoms with Gasteiger partial charge in [-0.2, -0.15) is 5.26 Å². The van der Waals surface area contributed by atoms with E-state index < -0.39 is 5.91 Å². The molecule has 1 saturated heterocycles. The summed E-state index contributed by atoms with van der Waals surface area (Å²) in [5.74, 6) is -0.741. The van der Waals surface area contributed by atoms with Gasteiger partial charge in [-0.05, 0) is 32.0 Å². The first-order valence-electron chi connectivity index (χ1n) is 8.03. The van der Waals surface area contributed by atoms with Crippen LogP contribution >= 0.6 is 0 Å². The van der Waals surface area contributed by atoms with Crippen LogP contribution in [0.5, 0.6) is 0 Å². The van der Waals surface area contributed by atoms with Crippen molar-refractivity contribution in [2.75, 3.05) is 23.7 Å². The number of nitrogen functional groups attached to an aromatic ring is 1. The first-order valence-corrected chi connectivity index (χ1v) is 8.03. The van der Waals surface area contributed by atoms with Crippen molar-refractivity contribution >= 4 is 23.2 Å². The third-order valence-electron chi connectivity index (χ3n) is 3.80. The Balaban J connectivity index is 2.31. The molecule has 1 aliphatic heterocycles. The summed E-state index contributed by atoms with van der Waals surface area (Å²) < 4.78 is 5.61. The van der Waals surface area contributed by atoms with Gasteiger partial charge in [0.15, 0.2) is 0 Å². The number of nitriles is 1. The Morgan fingerprint density at radius 3 is 2.52 bits per heavy atom. The minimum Gasteiger partial charge on any atom is -0.399 e. The molecule has 132 valence electrons. The number of hydrogen-bond acceptors (Lipinski definition) is 5. The molecule has 2 amide bonds. The summed E-state index contributed by atoms with van der Waals surface area (Å²) in [4.78, 5) is 27.5. The smallest absolute Gasteiger partial charge is 0.266 e. The monoisotopic (exact) mass is 342 g/mol. The van der Waals surface area contributed by atoms with Crippen molar-refractivity contribution in [3.63, 3.8) is 0 Å². The molecule has 2 rings (SSSR count). The van der Waals surface area contributed by atoms with Crippen molar-refractivity contribution in [3.8, 4) is 6.07 Å². The molecule has 1 aromatic carbocycles. The number of ether oxygens (including phenoxy) is 1. The molecule has 1 aliphatic rings. The second-order valence-corrected chi connectivity index (χ2v) is 6.11. The lowest BCUT2D eigenvalue weighted by molar-refractivity contribution is -0.138. The largest absolute Gasteiger partial charge is 0.399 e. The van der Waals surface area contributed by atoms with Crippen LogP contribution in [0.1, 0.15) is 20.8 Å². The van der Waals surface area contributed by atoms with E-state index in [1.165, 1.54) is 18.0 Å². The zero-order chi connectivity index (χ0) is 18.6. The van der Waals surface area contributed by atoms with Crippen LogP contribution in [0.15, 0.2) is 36.0 Å². The van der Waals surface area contributed by atoms with Crippen LogP contribution in [0.2, 0.25) is 0 Å². The summed E-state index contributed by atoms with van der Waals surface area (Å²) in [5, 5.41) is 9.43. The van der Waals surface area contributed by atoms with Gasteiger partial charge in [0.25, 0.3) is 5.91 Å². The lowest BCUT2D eigenvalue weighted by Gasteiger charge is -2.35. The Morgan fingerprint density at radius 2 is 2.00 bits per heavy atom. The van der Waals surface area contributed by atoms with E-state index in [1.807, 2.05) is 19.9 Å². The fourth-order valence-corrected chi connectivity index (χ4v) is 2.80. The molecule has 0 radical (unpaired) electrons. The second-order valence-electron chi connectivity index (χ2n) is 6.11. The van der Waals surface area contributed by atoms with E-state index >= 15 is 0 Å². The van der Waals surface area contributed by atoms with Crippen molar-refractivity contribution < 1.29 is 14.3 Å². The summed E-state index contributed by atoms with van der Waals surface area (Å²) in [5.41, 5.74) is 6.62. The third kappa shape index (κ3) is 4.58. The molecule has 0 aliphatic carbocycles. The highest BCUT2D eigenvalue weighted by Crippen LogP contribution is 2.20. The highest BCUT2D eigenvalue weighted by atomic mass is 16.5. The van der Waals surface area contributed by atoms with Gasteiger partial charge in [0.05, 0.1) is 17.9 Å². The second kappa shape index (κ2) is 7.81. The Hall–Kier alpha value is -2.85. The predicted octanol–water partition coefficient (Wildman–Crippen LogP) is 1.66. The first-order chi connectivity index (χ1) is 11.8. The average molecular weight is 342 g/mol. The summed E-state index contributed by atoms with van der Waals surface area (Å²) >= 11 is 0. The number of carbonyl (C=O) groups is 2. The number of carbonyl (C=O) groups excluding carboxylic acids is 2. The number of amides is 2. The number of hydrogen-bond donors (Lipinski definition) is 1. The lowest BCUT2D eigenvalue weighted by atomic mass is 10.2.